The monoisotopic (exact) mass is 324 g/mol. The number of hydrogen-bond acceptors (Lipinski definition) is 5. The van der Waals surface area contributed by atoms with Gasteiger partial charge in [0.05, 0.1) is 0 Å². The van der Waals surface area contributed by atoms with Crippen molar-refractivity contribution < 1.29 is 22.9 Å². The standard InChI is InChI=1S/C11H21ClN2O5Si/c1-7-8(20(17-4,18-5)19-6)13-9(15)11(2,3)14(12)10(13)16/h8H,7H2,1-6H3. The first kappa shape index (κ1) is 17.4. The van der Waals surface area contributed by atoms with Crippen molar-refractivity contribution in [2.24, 2.45) is 0 Å². The van der Waals surface area contributed by atoms with Crippen LogP contribution in [0.3, 0.4) is 0 Å². The molecule has 0 bridgehead atoms. The lowest BCUT2D eigenvalue weighted by molar-refractivity contribution is -0.132. The number of imide groups is 1. The first-order valence-electron chi connectivity index (χ1n) is 6.22. The molecule has 7 nitrogen and oxygen atoms in total. The van der Waals surface area contributed by atoms with Gasteiger partial charge in [0.15, 0.2) is 0 Å². The molecule has 1 heterocycles. The second-order valence-electron chi connectivity index (χ2n) is 4.94. The number of rotatable bonds is 6. The SMILES string of the molecule is CCC(N1C(=O)N(Cl)C(C)(C)C1=O)[Si](OC)(OC)OC. The largest absolute Gasteiger partial charge is 0.524 e. The van der Waals surface area contributed by atoms with E-state index in [1.165, 1.54) is 21.3 Å². The zero-order chi connectivity index (χ0) is 15.7. The summed E-state index contributed by atoms with van der Waals surface area (Å²) < 4.78 is 17.1. The lowest BCUT2D eigenvalue weighted by Crippen LogP contribution is -2.63. The minimum atomic E-state index is -3.19. The molecule has 1 saturated heterocycles. The van der Waals surface area contributed by atoms with Crippen molar-refractivity contribution in [3.8, 4) is 0 Å². The van der Waals surface area contributed by atoms with E-state index < -0.39 is 31.9 Å². The molecule has 0 radical (unpaired) electrons. The fourth-order valence-corrected chi connectivity index (χ4v) is 4.84. The molecule has 20 heavy (non-hydrogen) atoms. The van der Waals surface area contributed by atoms with Crippen LogP contribution in [0.2, 0.25) is 0 Å². The Morgan fingerprint density at radius 1 is 1.20 bits per heavy atom. The average molecular weight is 325 g/mol. The lowest BCUT2D eigenvalue weighted by atomic mass is 10.1. The first-order chi connectivity index (χ1) is 9.23. The first-order valence-corrected chi connectivity index (χ1v) is 8.36. The van der Waals surface area contributed by atoms with E-state index in [9.17, 15) is 9.59 Å². The molecule has 116 valence electrons. The summed E-state index contributed by atoms with van der Waals surface area (Å²) in [5, 5.41) is 0. The van der Waals surface area contributed by atoms with Crippen LogP contribution in [0.1, 0.15) is 27.2 Å². The Morgan fingerprint density at radius 2 is 1.65 bits per heavy atom. The maximum absolute atomic E-state index is 12.5. The Bertz CT molecular complexity index is 394. The molecule has 0 aromatic rings. The molecule has 1 rings (SSSR count). The number of hydrogen-bond donors (Lipinski definition) is 0. The van der Waals surface area contributed by atoms with E-state index in [1.807, 2.05) is 6.92 Å². The molecule has 0 saturated carbocycles. The van der Waals surface area contributed by atoms with Crippen LogP contribution in [0.25, 0.3) is 0 Å². The fourth-order valence-electron chi connectivity index (χ4n) is 2.32. The van der Waals surface area contributed by atoms with Crippen LogP contribution in [0.4, 0.5) is 4.79 Å². The zero-order valence-corrected chi connectivity index (χ0v) is 14.4. The van der Waals surface area contributed by atoms with E-state index in [0.717, 1.165) is 9.32 Å². The summed E-state index contributed by atoms with van der Waals surface area (Å²) in [4.78, 5) is 25.9. The number of urea groups is 1. The van der Waals surface area contributed by atoms with E-state index in [1.54, 1.807) is 13.8 Å². The summed E-state index contributed by atoms with van der Waals surface area (Å²) in [5.74, 6) is -0.396. The molecule has 1 unspecified atom stereocenters. The van der Waals surface area contributed by atoms with Crippen molar-refractivity contribution in [2.45, 2.75) is 38.4 Å². The normalized spacial score (nSPS) is 20.8. The number of carbonyl (C=O) groups excluding carboxylic acids is 2. The minimum absolute atomic E-state index is 0.396. The van der Waals surface area contributed by atoms with E-state index >= 15 is 0 Å². The Morgan fingerprint density at radius 3 is 1.90 bits per heavy atom. The second kappa shape index (κ2) is 5.98. The Balaban J connectivity index is 3.26. The maximum Gasteiger partial charge on any atom is 0.524 e. The third-order valence-electron chi connectivity index (χ3n) is 3.57. The number of carbonyl (C=O) groups is 2. The van der Waals surface area contributed by atoms with Gasteiger partial charge >= 0.3 is 14.8 Å². The average Bonchev–Trinajstić information content (AvgIpc) is 2.59. The van der Waals surface area contributed by atoms with Gasteiger partial charge in [-0.05, 0) is 20.3 Å². The van der Waals surface area contributed by atoms with E-state index in [4.69, 9.17) is 25.1 Å². The molecule has 0 N–H and O–H groups in total. The van der Waals surface area contributed by atoms with Crippen LogP contribution >= 0.6 is 11.8 Å². The predicted octanol–water partition coefficient (Wildman–Crippen LogP) is 1.38. The number of halogens is 1. The molecule has 0 aliphatic carbocycles. The molecule has 1 fully saturated rings. The summed E-state index contributed by atoms with van der Waals surface area (Å²) >= 11 is 5.94. The van der Waals surface area contributed by atoms with Crippen molar-refractivity contribution in [3.63, 3.8) is 0 Å². The molecule has 1 aliphatic rings. The van der Waals surface area contributed by atoms with Gasteiger partial charge in [-0.2, -0.15) is 0 Å². The van der Waals surface area contributed by atoms with E-state index in [0.29, 0.717) is 6.42 Å². The van der Waals surface area contributed by atoms with Crippen molar-refractivity contribution in [1.29, 1.82) is 0 Å². The van der Waals surface area contributed by atoms with E-state index in [2.05, 4.69) is 0 Å². The maximum atomic E-state index is 12.5. The Labute approximate surface area is 125 Å². The Hall–Kier alpha value is -0.673. The molecule has 1 aliphatic heterocycles. The zero-order valence-electron chi connectivity index (χ0n) is 12.6. The van der Waals surface area contributed by atoms with Crippen LogP contribution in [-0.2, 0) is 18.1 Å². The topological polar surface area (TPSA) is 68.3 Å². The highest BCUT2D eigenvalue weighted by molar-refractivity contribution is 6.63. The van der Waals surface area contributed by atoms with Gasteiger partial charge < -0.3 is 13.3 Å². The molecule has 0 spiro atoms. The third-order valence-corrected chi connectivity index (χ3v) is 7.32. The predicted molar refractivity (Wildman–Crippen MR) is 74.9 cm³/mol. The summed E-state index contributed by atoms with van der Waals surface area (Å²) in [6, 6.07) is -0.587. The second-order valence-corrected chi connectivity index (χ2v) is 8.37. The quantitative estimate of drug-likeness (QED) is 0.419. The highest BCUT2D eigenvalue weighted by atomic mass is 35.5. The van der Waals surface area contributed by atoms with Gasteiger partial charge in [0.1, 0.15) is 11.2 Å². The van der Waals surface area contributed by atoms with Crippen molar-refractivity contribution in [1.82, 2.24) is 9.32 Å². The van der Waals surface area contributed by atoms with Crippen LogP contribution in [-0.4, -0.2) is 62.6 Å². The van der Waals surface area contributed by atoms with Crippen LogP contribution < -0.4 is 0 Å². The highest BCUT2D eigenvalue weighted by Crippen LogP contribution is 2.34. The third kappa shape index (κ3) is 2.35. The summed E-state index contributed by atoms with van der Waals surface area (Å²) in [5.41, 5.74) is -1.73. The van der Waals surface area contributed by atoms with Crippen molar-refractivity contribution in [3.05, 3.63) is 0 Å². The molecule has 9 heteroatoms. The van der Waals surface area contributed by atoms with Crippen molar-refractivity contribution in [2.75, 3.05) is 21.3 Å². The summed E-state index contributed by atoms with van der Waals surface area (Å²) in [6.07, 6.45) is 0.444. The van der Waals surface area contributed by atoms with Crippen LogP contribution in [0, 0.1) is 0 Å². The van der Waals surface area contributed by atoms with Gasteiger partial charge in [-0.3, -0.25) is 9.69 Å². The molecular weight excluding hydrogens is 304 g/mol. The van der Waals surface area contributed by atoms with Gasteiger partial charge in [0.25, 0.3) is 5.91 Å². The molecular formula is C11H21ClN2O5Si. The number of amides is 3. The smallest absolute Gasteiger partial charge is 0.376 e. The van der Waals surface area contributed by atoms with Gasteiger partial charge in [-0.15, -0.1) is 0 Å². The fraction of sp³-hybridized carbons (Fsp3) is 0.818. The highest BCUT2D eigenvalue weighted by Gasteiger charge is 2.60. The van der Waals surface area contributed by atoms with Crippen LogP contribution in [0.15, 0.2) is 0 Å². The van der Waals surface area contributed by atoms with Gasteiger partial charge in [0.2, 0.25) is 0 Å². The van der Waals surface area contributed by atoms with E-state index in [-0.39, 0.29) is 0 Å². The lowest BCUT2D eigenvalue weighted by Gasteiger charge is -2.35. The number of nitrogens with zero attached hydrogens (tertiary/aromatic N) is 2. The van der Waals surface area contributed by atoms with Gasteiger partial charge in [-0.1, -0.05) is 6.92 Å². The summed E-state index contributed by atoms with van der Waals surface area (Å²) in [7, 11) is 1.13. The molecule has 0 aromatic heterocycles. The minimum Gasteiger partial charge on any atom is -0.376 e. The molecule has 1 atom stereocenters. The molecule has 3 amide bonds. The Kier molecular flexibility index (Phi) is 5.20. The van der Waals surface area contributed by atoms with Crippen LogP contribution in [0.5, 0.6) is 0 Å². The molecule has 0 aromatic carbocycles. The van der Waals surface area contributed by atoms with Gasteiger partial charge in [0, 0.05) is 33.1 Å². The summed E-state index contributed by atoms with van der Waals surface area (Å²) in [6.45, 7) is 5.00. The van der Waals surface area contributed by atoms with Crippen molar-refractivity contribution >= 4 is 32.5 Å². The van der Waals surface area contributed by atoms with Gasteiger partial charge in [-0.25, -0.2) is 9.21 Å².